The van der Waals surface area contributed by atoms with Gasteiger partial charge in [0.15, 0.2) is 0 Å². The van der Waals surface area contributed by atoms with Gasteiger partial charge in [-0.2, -0.15) is 18.3 Å². The summed E-state index contributed by atoms with van der Waals surface area (Å²) in [7, 11) is 0. The topological polar surface area (TPSA) is 28.7 Å². The van der Waals surface area contributed by atoms with Crippen LogP contribution in [0.3, 0.4) is 0 Å². The van der Waals surface area contributed by atoms with Crippen molar-refractivity contribution >= 4 is 34.1 Å². The highest BCUT2D eigenvalue weighted by molar-refractivity contribution is 6.42. The number of hydrogen-bond donors (Lipinski definition) is 1. The Morgan fingerprint density at radius 1 is 0.952 bits per heavy atom. The maximum atomic E-state index is 12.7. The lowest BCUT2D eigenvalue weighted by Gasteiger charge is -2.06. The average molecular weight is 331 g/mol. The number of nitrogens with one attached hydrogen (secondary N) is 1. The minimum Gasteiger partial charge on any atom is -0.277 e. The average Bonchev–Trinajstić information content (AvgIpc) is 2.84. The van der Waals surface area contributed by atoms with E-state index in [-0.39, 0.29) is 0 Å². The molecule has 3 aromatic rings. The molecule has 108 valence electrons. The van der Waals surface area contributed by atoms with Gasteiger partial charge in [-0.3, -0.25) is 5.10 Å². The zero-order chi connectivity index (χ0) is 15.2. The number of rotatable bonds is 1. The Morgan fingerprint density at radius 2 is 1.71 bits per heavy atom. The van der Waals surface area contributed by atoms with Crippen LogP contribution in [0.2, 0.25) is 10.0 Å². The molecule has 0 aliphatic rings. The summed E-state index contributed by atoms with van der Waals surface area (Å²) in [5.74, 6) is 0. The number of alkyl halides is 3. The van der Waals surface area contributed by atoms with Gasteiger partial charge in [0.25, 0.3) is 0 Å². The van der Waals surface area contributed by atoms with E-state index in [2.05, 4.69) is 10.2 Å². The van der Waals surface area contributed by atoms with E-state index in [4.69, 9.17) is 23.2 Å². The molecule has 0 fully saturated rings. The number of benzene rings is 2. The third-order valence-corrected chi connectivity index (χ3v) is 3.82. The molecule has 2 aromatic carbocycles. The minimum absolute atomic E-state index is 0.311. The molecule has 0 unspecified atom stereocenters. The summed E-state index contributed by atoms with van der Waals surface area (Å²) in [6.07, 6.45) is -4.39. The quantitative estimate of drug-likeness (QED) is 0.622. The molecule has 0 spiro atoms. The molecular weight excluding hydrogens is 324 g/mol. The summed E-state index contributed by atoms with van der Waals surface area (Å²) in [5.41, 5.74) is 0.790. The molecule has 0 amide bonds. The highest BCUT2D eigenvalue weighted by atomic mass is 35.5. The van der Waals surface area contributed by atoms with Crippen molar-refractivity contribution in [1.82, 2.24) is 10.2 Å². The Labute approximate surface area is 127 Å². The lowest BCUT2D eigenvalue weighted by molar-refractivity contribution is -0.137. The van der Waals surface area contributed by atoms with Gasteiger partial charge < -0.3 is 0 Å². The van der Waals surface area contributed by atoms with Gasteiger partial charge in [-0.05, 0) is 30.3 Å². The van der Waals surface area contributed by atoms with E-state index in [0.717, 1.165) is 12.1 Å². The number of halogens is 5. The molecule has 0 saturated carbocycles. The van der Waals surface area contributed by atoms with Crippen LogP contribution in [0.1, 0.15) is 5.56 Å². The maximum Gasteiger partial charge on any atom is 0.416 e. The van der Waals surface area contributed by atoms with Crippen molar-refractivity contribution in [2.75, 3.05) is 0 Å². The molecule has 1 N–H and O–H groups in total. The molecule has 0 aliphatic carbocycles. The molecule has 1 heterocycles. The van der Waals surface area contributed by atoms with Crippen molar-refractivity contribution in [2.24, 2.45) is 0 Å². The lowest BCUT2D eigenvalue weighted by atomic mass is 10.1. The summed E-state index contributed by atoms with van der Waals surface area (Å²) in [6.45, 7) is 0. The zero-order valence-corrected chi connectivity index (χ0v) is 11.8. The second-order valence-electron chi connectivity index (χ2n) is 4.46. The fourth-order valence-electron chi connectivity index (χ4n) is 2.06. The van der Waals surface area contributed by atoms with E-state index in [0.29, 0.717) is 32.2 Å². The largest absolute Gasteiger partial charge is 0.416 e. The molecule has 0 aliphatic heterocycles. The number of aromatic nitrogens is 2. The van der Waals surface area contributed by atoms with Crippen LogP contribution in [0.4, 0.5) is 13.2 Å². The predicted octanol–water partition coefficient (Wildman–Crippen LogP) is 5.56. The summed E-state index contributed by atoms with van der Waals surface area (Å²) < 4.78 is 38.0. The van der Waals surface area contributed by atoms with E-state index < -0.39 is 11.7 Å². The standard InChI is InChI=1S/C14H7Cl2F3N2/c15-10-4-1-7(5-11(10)16)13-9-3-2-8(14(17,18)19)6-12(9)20-21-13/h1-6H,(H,20,21). The summed E-state index contributed by atoms with van der Waals surface area (Å²) >= 11 is 11.8. The SMILES string of the molecule is FC(F)(F)c1ccc2c(-c3ccc(Cl)c(Cl)c3)n[nH]c2c1. The highest BCUT2D eigenvalue weighted by Crippen LogP contribution is 2.35. The molecule has 7 heteroatoms. The monoisotopic (exact) mass is 330 g/mol. The number of H-pyrrole nitrogens is 1. The molecular formula is C14H7Cl2F3N2. The maximum absolute atomic E-state index is 12.7. The van der Waals surface area contributed by atoms with E-state index in [1.165, 1.54) is 6.07 Å². The number of aromatic amines is 1. The molecule has 21 heavy (non-hydrogen) atoms. The molecule has 0 bridgehead atoms. The second-order valence-corrected chi connectivity index (χ2v) is 5.27. The Hall–Kier alpha value is -1.72. The Balaban J connectivity index is 2.14. The first kappa shape index (κ1) is 14.2. The third-order valence-electron chi connectivity index (χ3n) is 3.08. The van der Waals surface area contributed by atoms with Crippen molar-refractivity contribution in [3.8, 4) is 11.3 Å². The van der Waals surface area contributed by atoms with Gasteiger partial charge in [0.2, 0.25) is 0 Å². The number of hydrogen-bond acceptors (Lipinski definition) is 1. The minimum atomic E-state index is -4.39. The van der Waals surface area contributed by atoms with Crippen LogP contribution in [0.5, 0.6) is 0 Å². The van der Waals surface area contributed by atoms with Gasteiger partial charge in [-0.1, -0.05) is 29.3 Å². The zero-order valence-electron chi connectivity index (χ0n) is 10.3. The van der Waals surface area contributed by atoms with Crippen molar-refractivity contribution in [1.29, 1.82) is 0 Å². The fourth-order valence-corrected chi connectivity index (χ4v) is 2.36. The van der Waals surface area contributed by atoms with Gasteiger partial charge in [0.1, 0.15) is 0 Å². The van der Waals surface area contributed by atoms with Gasteiger partial charge in [-0.25, -0.2) is 0 Å². The summed E-state index contributed by atoms with van der Waals surface area (Å²) in [4.78, 5) is 0. The van der Waals surface area contributed by atoms with Crippen LogP contribution in [0.25, 0.3) is 22.2 Å². The molecule has 2 nitrogen and oxygen atoms in total. The Bertz CT molecular complexity index is 825. The van der Waals surface area contributed by atoms with E-state index in [1.807, 2.05) is 0 Å². The van der Waals surface area contributed by atoms with Gasteiger partial charge in [0, 0.05) is 10.9 Å². The van der Waals surface area contributed by atoms with Gasteiger partial charge in [0.05, 0.1) is 26.8 Å². The number of nitrogens with zero attached hydrogens (tertiary/aromatic N) is 1. The van der Waals surface area contributed by atoms with Crippen LogP contribution in [-0.2, 0) is 6.18 Å². The van der Waals surface area contributed by atoms with E-state index >= 15 is 0 Å². The Kier molecular flexibility index (Phi) is 3.34. The van der Waals surface area contributed by atoms with Crippen molar-refractivity contribution < 1.29 is 13.2 Å². The summed E-state index contributed by atoms with van der Waals surface area (Å²) in [5, 5.41) is 8.02. The molecule has 0 radical (unpaired) electrons. The van der Waals surface area contributed by atoms with E-state index in [1.54, 1.807) is 18.2 Å². The van der Waals surface area contributed by atoms with Crippen LogP contribution in [0, 0.1) is 0 Å². The molecule has 0 atom stereocenters. The lowest BCUT2D eigenvalue weighted by Crippen LogP contribution is -2.04. The third kappa shape index (κ3) is 2.59. The molecule has 0 saturated heterocycles. The first-order valence-corrected chi connectivity index (χ1v) is 6.62. The van der Waals surface area contributed by atoms with E-state index in [9.17, 15) is 13.2 Å². The number of fused-ring (bicyclic) bond motifs is 1. The van der Waals surface area contributed by atoms with Crippen molar-refractivity contribution in [3.05, 3.63) is 52.0 Å². The van der Waals surface area contributed by atoms with Crippen molar-refractivity contribution in [2.45, 2.75) is 6.18 Å². The molecule has 1 aromatic heterocycles. The van der Waals surface area contributed by atoms with Crippen LogP contribution in [-0.4, -0.2) is 10.2 Å². The first-order chi connectivity index (χ1) is 9.86. The second kappa shape index (κ2) is 4.93. The van der Waals surface area contributed by atoms with Crippen LogP contribution < -0.4 is 0 Å². The highest BCUT2D eigenvalue weighted by Gasteiger charge is 2.30. The normalized spacial score (nSPS) is 12.0. The van der Waals surface area contributed by atoms with Gasteiger partial charge in [-0.15, -0.1) is 0 Å². The van der Waals surface area contributed by atoms with Crippen LogP contribution >= 0.6 is 23.2 Å². The van der Waals surface area contributed by atoms with Crippen LogP contribution in [0.15, 0.2) is 36.4 Å². The van der Waals surface area contributed by atoms with Gasteiger partial charge >= 0.3 is 6.18 Å². The van der Waals surface area contributed by atoms with Crippen molar-refractivity contribution in [3.63, 3.8) is 0 Å². The molecule has 3 rings (SSSR count). The Morgan fingerprint density at radius 3 is 2.38 bits per heavy atom. The first-order valence-electron chi connectivity index (χ1n) is 5.87. The predicted molar refractivity (Wildman–Crippen MR) is 76.6 cm³/mol. The summed E-state index contributed by atoms with van der Waals surface area (Å²) in [6, 6.07) is 8.39. The fraction of sp³-hybridized carbons (Fsp3) is 0.0714. The smallest absolute Gasteiger partial charge is 0.277 e.